The first-order chi connectivity index (χ1) is 11.3. The highest BCUT2D eigenvalue weighted by Crippen LogP contribution is 2.27. The molecular formula is C18H27N3O2. The number of ether oxygens (including phenoxy) is 1. The number of hydrogen-bond acceptors (Lipinski definition) is 4. The van der Waals surface area contributed by atoms with Crippen molar-refractivity contribution in [1.29, 1.82) is 0 Å². The summed E-state index contributed by atoms with van der Waals surface area (Å²) in [6.07, 6.45) is 9.93. The maximum Gasteiger partial charge on any atom is 0.228 e. The lowest BCUT2D eigenvalue weighted by Gasteiger charge is -2.23. The van der Waals surface area contributed by atoms with Crippen molar-refractivity contribution in [1.82, 2.24) is 10.3 Å². The normalized spacial score (nSPS) is 20.2. The van der Waals surface area contributed by atoms with Crippen LogP contribution >= 0.6 is 0 Å². The van der Waals surface area contributed by atoms with Gasteiger partial charge in [0.05, 0.1) is 6.61 Å². The van der Waals surface area contributed by atoms with E-state index in [1.165, 1.54) is 32.1 Å². The van der Waals surface area contributed by atoms with Crippen molar-refractivity contribution in [3.05, 3.63) is 18.3 Å². The molecule has 0 radical (unpaired) electrons. The maximum absolute atomic E-state index is 12.4. The van der Waals surface area contributed by atoms with Crippen LogP contribution in [0.3, 0.4) is 0 Å². The molecule has 1 aliphatic carbocycles. The summed E-state index contributed by atoms with van der Waals surface area (Å²) in [5.74, 6) is 2.03. The van der Waals surface area contributed by atoms with E-state index in [-0.39, 0.29) is 11.8 Å². The van der Waals surface area contributed by atoms with E-state index in [1.54, 1.807) is 6.20 Å². The lowest BCUT2D eigenvalue weighted by Crippen LogP contribution is -2.34. The highest BCUT2D eigenvalue weighted by molar-refractivity contribution is 5.92. The van der Waals surface area contributed by atoms with Gasteiger partial charge in [-0.3, -0.25) is 4.79 Å². The molecule has 0 aromatic carbocycles. The van der Waals surface area contributed by atoms with E-state index >= 15 is 0 Å². The van der Waals surface area contributed by atoms with Crippen molar-refractivity contribution >= 4 is 11.7 Å². The van der Waals surface area contributed by atoms with Gasteiger partial charge in [-0.1, -0.05) is 19.3 Å². The van der Waals surface area contributed by atoms with Crippen LogP contribution in [0.15, 0.2) is 18.3 Å². The van der Waals surface area contributed by atoms with Crippen LogP contribution in [0.4, 0.5) is 5.82 Å². The van der Waals surface area contributed by atoms with Crippen LogP contribution in [0.1, 0.15) is 44.9 Å². The highest BCUT2D eigenvalue weighted by Gasteiger charge is 2.22. The summed E-state index contributed by atoms with van der Waals surface area (Å²) in [5.41, 5.74) is 0. The van der Waals surface area contributed by atoms with Gasteiger partial charge in [0.1, 0.15) is 0 Å². The first kappa shape index (κ1) is 16.2. The summed E-state index contributed by atoms with van der Waals surface area (Å²) >= 11 is 0. The second-order valence-electron chi connectivity index (χ2n) is 6.68. The molecule has 3 rings (SSSR count). The number of pyridine rings is 1. The third kappa shape index (κ3) is 4.67. The van der Waals surface area contributed by atoms with Gasteiger partial charge in [-0.05, 0) is 56.8 Å². The molecular weight excluding hydrogens is 290 g/mol. The molecule has 1 aliphatic heterocycles. The Morgan fingerprint density at radius 1 is 1.22 bits per heavy atom. The largest absolute Gasteiger partial charge is 0.489 e. The lowest BCUT2D eigenvalue weighted by atomic mass is 9.90. The molecule has 1 aromatic heterocycles. The van der Waals surface area contributed by atoms with Gasteiger partial charge in [-0.15, -0.1) is 0 Å². The molecule has 5 heteroatoms. The van der Waals surface area contributed by atoms with Crippen molar-refractivity contribution in [2.45, 2.75) is 44.9 Å². The van der Waals surface area contributed by atoms with Gasteiger partial charge in [0.25, 0.3) is 0 Å². The number of anilines is 1. The molecule has 0 atom stereocenters. The zero-order valence-electron chi connectivity index (χ0n) is 13.7. The van der Waals surface area contributed by atoms with Gasteiger partial charge in [0.2, 0.25) is 5.91 Å². The van der Waals surface area contributed by atoms with Crippen LogP contribution in [-0.2, 0) is 4.79 Å². The van der Waals surface area contributed by atoms with Gasteiger partial charge in [0.15, 0.2) is 11.6 Å². The van der Waals surface area contributed by atoms with Crippen LogP contribution in [0.5, 0.6) is 5.75 Å². The van der Waals surface area contributed by atoms with Crippen molar-refractivity contribution in [3.8, 4) is 5.75 Å². The van der Waals surface area contributed by atoms with Gasteiger partial charge >= 0.3 is 0 Å². The summed E-state index contributed by atoms with van der Waals surface area (Å²) in [7, 11) is 0. The quantitative estimate of drug-likeness (QED) is 0.876. The van der Waals surface area contributed by atoms with Crippen molar-refractivity contribution < 1.29 is 9.53 Å². The summed E-state index contributed by atoms with van der Waals surface area (Å²) in [5, 5.41) is 6.25. The molecule has 1 saturated carbocycles. The Bertz CT molecular complexity index is 509. The average molecular weight is 317 g/mol. The highest BCUT2D eigenvalue weighted by atomic mass is 16.5. The van der Waals surface area contributed by atoms with E-state index in [0.717, 1.165) is 32.5 Å². The molecule has 2 N–H and O–H groups in total. The fourth-order valence-corrected chi connectivity index (χ4v) is 3.47. The first-order valence-electron chi connectivity index (χ1n) is 8.92. The molecule has 2 aliphatic rings. The molecule has 0 spiro atoms. The molecule has 23 heavy (non-hydrogen) atoms. The van der Waals surface area contributed by atoms with Crippen molar-refractivity contribution in [2.24, 2.45) is 11.8 Å². The topological polar surface area (TPSA) is 63.2 Å². The Morgan fingerprint density at radius 3 is 2.78 bits per heavy atom. The van der Waals surface area contributed by atoms with Crippen molar-refractivity contribution in [3.63, 3.8) is 0 Å². The summed E-state index contributed by atoms with van der Waals surface area (Å²) in [6.45, 7) is 2.54. The predicted molar refractivity (Wildman–Crippen MR) is 90.5 cm³/mol. The zero-order valence-corrected chi connectivity index (χ0v) is 13.7. The lowest BCUT2D eigenvalue weighted by molar-refractivity contribution is -0.120. The molecule has 0 bridgehead atoms. The molecule has 5 nitrogen and oxygen atoms in total. The number of piperidine rings is 1. The molecule has 1 aromatic rings. The Labute approximate surface area is 138 Å². The van der Waals surface area contributed by atoms with E-state index in [0.29, 0.717) is 17.5 Å². The summed E-state index contributed by atoms with van der Waals surface area (Å²) < 4.78 is 5.98. The Morgan fingerprint density at radius 2 is 2.00 bits per heavy atom. The number of aromatic nitrogens is 1. The Hall–Kier alpha value is -1.62. The maximum atomic E-state index is 12.4. The second-order valence-corrected chi connectivity index (χ2v) is 6.68. The van der Waals surface area contributed by atoms with Crippen LogP contribution < -0.4 is 15.4 Å². The number of carbonyl (C=O) groups is 1. The predicted octanol–water partition coefficient (Wildman–Crippen LogP) is 2.98. The van der Waals surface area contributed by atoms with E-state index in [9.17, 15) is 4.79 Å². The standard InChI is InChI=1S/C18H27N3O2/c22-18(15-8-11-19-12-9-15)21-17-16(7-4-10-20-17)23-13-14-5-2-1-3-6-14/h4,7,10,14-15,19H,1-3,5-6,8-9,11-13H2,(H,20,21,22). The number of nitrogens with zero attached hydrogens (tertiary/aromatic N) is 1. The van der Waals surface area contributed by atoms with Crippen LogP contribution in [0.2, 0.25) is 0 Å². The number of rotatable bonds is 5. The van der Waals surface area contributed by atoms with Gasteiger partial charge in [-0.2, -0.15) is 0 Å². The summed E-state index contributed by atoms with van der Waals surface area (Å²) in [6, 6.07) is 3.75. The minimum Gasteiger partial charge on any atom is -0.489 e. The third-order valence-electron chi connectivity index (χ3n) is 4.92. The smallest absolute Gasteiger partial charge is 0.228 e. The van der Waals surface area contributed by atoms with E-state index in [2.05, 4.69) is 15.6 Å². The fourth-order valence-electron chi connectivity index (χ4n) is 3.47. The molecule has 0 unspecified atom stereocenters. The molecule has 1 saturated heterocycles. The van der Waals surface area contributed by atoms with Crippen LogP contribution in [-0.4, -0.2) is 30.6 Å². The number of hydrogen-bond donors (Lipinski definition) is 2. The number of nitrogens with one attached hydrogen (secondary N) is 2. The van der Waals surface area contributed by atoms with Gasteiger partial charge in [-0.25, -0.2) is 4.98 Å². The third-order valence-corrected chi connectivity index (χ3v) is 4.92. The van der Waals surface area contributed by atoms with E-state index in [1.807, 2.05) is 12.1 Å². The van der Waals surface area contributed by atoms with Crippen LogP contribution in [0, 0.1) is 11.8 Å². The minimum atomic E-state index is 0.0627. The van der Waals surface area contributed by atoms with Gasteiger partial charge in [0, 0.05) is 12.1 Å². The molecule has 1 amide bonds. The molecule has 126 valence electrons. The Kier molecular flexibility index (Phi) is 5.86. The van der Waals surface area contributed by atoms with Crippen molar-refractivity contribution in [2.75, 3.05) is 25.0 Å². The molecule has 2 fully saturated rings. The monoisotopic (exact) mass is 317 g/mol. The minimum absolute atomic E-state index is 0.0627. The summed E-state index contributed by atoms with van der Waals surface area (Å²) in [4.78, 5) is 16.7. The van der Waals surface area contributed by atoms with Gasteiger partial charge < -0.3 is 15.4 Å². The van der Waals surface area contributed by atoms with E-state index in [4.69, 9.17) is 4.74 Å². The van der Waals surface area contributed by atoms with E-state index < -0.39 is 0 Å². The second kappa shape index (κ2) is 8.29. The number of carbonyl (C=O) groups excluding carboxylic acids is 1. The Balaban J connectivity index is 1.57. The molecule has 2 heterocycles. The fraction of sp³-hybridized carbons (Fsp3) is 0.667. The van der Waals surface area contributed by atoms with Crippen LogP contribution in [0.25, 0.3) is 0 Å². The SMILES string of the molecule is O=C(Nc1ncccc1OCC1CCCCC1)C1CCNCC1. The number of amides is 1. The zero-order chi connectivity index (χ0) is 15.9. The average Bonchev–Trinajstić information content (AvgIpc) is 2.62. The first-order valence-corrected chi connectivity index (χ1v) is 8.92.